The van der Waals surface area contributed by atoms with Gasteiger partial charge >= 0.3 is 0 Å². The van der Waals surface area contributed by atoms with Crippen LogP contribution < -0.4 is 5.32 Å². The summed E-state index contributed by atoms with van der Waals surface area (Å²) in [6, 6.07) is 6.94. The van der Waals surface area contributed by atoms with Crippen molar-refractivity contribution in [2.24, 2.45) is 0 Å². The van der Waals surface area contributed by atoms with E-state index in [0.717, 1.165) is 11.6 Å². The molecule has 0 radical (unpaired) electrons. The van der Waals surface area contributed by atoms with E-state index in [-0.39, 0.29) is 0 Å². The van der Waals surface area contributed by atoms with Gasteiger partial charge in [-0.25, -0.2) is 22.0 Å². The minimum atomic E-state index is -2.28. The van der Waals surface area contributed by atoms with Crippen molar-refractivity contribution >= 4 is 17.7 Å². The van der Waals surface area contributed by atoms with Gasteiger partial charge in [0.2, 0.25) is 11.7 Å². The minimum Gasteiger partial charge on any atom is -0.317 e. The Morgan fingerprint density at radius 1 is 0.870 bits per heavy atom. The van der Waals surface area contributed by atoms with Crippen molar-refractivity contribution in [1.82, 2.24) is 0 Å². The van der Waals surface area contributed by atoms with Gasteiger partial charge in [-0.15, -0.1) is 0 Å². The molecule has 0 saturated heterocycles. The van der Waals surface area contributed by atoms with Crippen LogP contribution in [0.4, 0.5) is 27.6 Å². The first-order valence-corrected chi connectivity index (χ1v) is 6.38. The van der Waals surface area contributed by atoms with Gasteiger partial charge in [0.05, 0.1) is 0 Å². The Bertz CT molecular complexity index is 755. The molecule has 7 heteroatoms. The van der Waals surface area contributed by atoms with E-state index in [2.05, 4.69) is 0 Å². The standard InChI is InChI=1S/C16H10F5NO/c1-8-2-4-9(5-3-8)6-7-10(23)22-16-14(20)12(18)11(17)13(19)15(16)21/h2-7H,1H3,(H,22,23). The lowest BCUT2D eigenvalue weighted by Gasteiger charge is -2.08. The first-order chi connectivity index (χ1) is 10.8. The summed E-state index contributed by atoms with van der Waals surface area (Å²) in [6.45, 7) is 1.86. The summed E-state index contributed by atoms with van der Waals surface area (Å²) in [5, 5.41) is 1.65. The molecule has 0 aliphatic rings. The van der Waals surface area contributed by atoms with Gasteiger partial charge in [-0.3, -0.25) is 4.79 Å². The van der Waals surface area contributed by atoms with Crippen molar-refractivity contribution < 1.29 is 26.7 Å². The lowest BCUT2D eigenvalue weighted by Crippen LogP contribution is -2.14. The minimum absolute atomic E-state index is 0.628. The predicted molar refractivity (Wildman–Crippen MR) is 75.1 cm³/mol. The van der Waals surface area contributed by atoms with E-state index >= 15 is 0 Å². The second-order valence-corrected chi connectivity index (χ2v) is 4.68. The SMILES string of the molecule is Cc1ccc(C=CC(=O)Nc2c(F)c(F)c(F)c(F)c2F)cc1. The Hall–Kier alpha value is -2.70. The molecule has 23 heavy (non-hydrogen) atoms. The molecule has 0 aliphatic carbocycles. The number of hydrogen-bond acceptors (Lipinski definition) is 1. The normalized spacial score (nSPS) is 11.0. The highest BCUT2D eigenvalue weighted by Gasteiger charge is 2.26. The molecular weight excluding hydrogens is 317 g/mol. The number of nitrogens with one attached hydrogen (secondary N) is 1. The Morgan fingerprint density at radius 2 is 1.35 bits per heavy atom. The highest BCUT2D eigenvalue weighted by molar-refractivity contribution is 6.02. The molecule has 2 aromatic carbocycles. The first-order valence-electron chi connectivity index (χ1n) is 6.38. The monoisotopic (exact) mass is 327 g/mol. The maximum Gasteiger partial charge on any atom is 0.248 e. The van der Waals surface area contributed by atoms with Crippen LogP contribution in [-0.2, 0) is 4.79 Å². The number of rotatable bonds is 3. The number of benzene rings is 2. The number of aryl methyl sites for hydroxylation is 1. The first kappa shape index (κ1) is 16.7. The fourth-order valence-electron chi connectivity index (χ4n) is 1.73. The quantitative estimate of drug-likeness (QED) is 0.386. The largest absolute Gasteiger partial charge is 0.317 e. The van der Waals surface area contributed by atoms with E-state index in [1.807, 2.05) is 6.92 Å². The van der Waals surface area contributed by atoms with Crippen molar-refractivity contribution in [3.05, 3.63) is 70.6 Å². The van der Waals surface area contributed by atoms with Crippen LogP contribution in [0, 0.1) is 36.0 Å². The average molecular weight is 327 g/mol. The molecular formula is C16H10F5NO. The summed E-state index contributed by atoms with van der Waals surface area (Å²) in [5.41, 5.74) is 0.233. The van der Waals surface area contributed by atoms with Gasteiger partial charge in [0, 0.05) is 6.08 Å². The van der Waals surface area contributed by atoms with Crippen molar-refractivity contribution in [3.63, 3.8) is 0 Å². The zero-order chi connectivity index (χ0) is 17.1. The Labute approximate surface area is 128 Å². The third-order valence-corrected chi connectivity index (χ3v) is 2.96. The molecule has 0 atom stereocenters. The average Bonchev–Trinajstić information content (AvgIpc) is 2.54. The van der Waals surface area contributed by atoms with Gasteiger partial charge in [-0.2, -0.15) is 0 Å². The van der Waals surface area contributed by atoms with E-state index in [0.29, 0.717) is 5.56 Å². The molecule has 0 saturated carbocycles. The topological polar surface area (TPSA) is 29.1 Å². The van der Waals surface area contributed by atoms with E-state index in [1.54, 1.807) is 29.6 Å². The second kappa shape index (κ2) is 6.60. The van der Waals surface area contributed by atoms with Gasteiger partial charge in [0.25, 0.3) is 0 Å². The van der Waals surface area contributed by atoms with E-state index in [9.17, 15) is 26.7 Å². The molecule has 2 rings (SSSR count). The molecule has 2 nitrogen and oxygen atoms in total. The highest BCUT2D eigenvalue weighted by atomic mass is 19.2. The number of carbonyl (C=O) groups is 1. The fraction of sp³-hybridized carbons (Fsp3) is 0.0625. The summed E-state index contributed by atoms with van der Waals surface area (Å²) in [6.07, 6.45) is 2.25. The predicted octanol–water partition coefficient (Wildman–Crippen LogP) is 4.34. The molecule has 0 aromatic heterocycles. The Morgan fingerprint density at radius 3 is 1.87 bits per heavy atom. The zero-order valence-corrected chi connectivity index (χ0v) is 11.8. The number of halogens is 5. The zero-order valence-electron chi connectivity index (χ0n) is 11.8. The van der Waals surface area contributed by atoms with Gasteiger partial charge in [0.15, 0.2) is 23.3 Å². The smallest absolute Gasteiger partial charge is 0.248 e. The van der Waals surface area contributed by atoms with Gasteiger partial charge in [-0.1, -0.05) is 29.8 Å². The van der Waals surface area contributed by atoms with Crippen LogP contribution in [0.2, 0.25) is 0 Å². The number of anilines is 1. The molecule has 0 spiro atoms. The van der Waals surface area contributed by atoms with Crippen molar-refractivity contribution in [3.8, 4) is 0 Å². The van der Waals surface area contributed by atoms with Crippen molar-refractivity contribution in [2.75, 3.05) is 5.32 Å². The molecule has 2 aromatic rings. The molecule has 1 amide bonds. The van der Waals surface area contributed by atoms with Crippen LogP contribution in [0.25, 0.3) is 6.08 Å². The molecule has 0 heterocycles. The number of carbonyl (C=O) groups excluding carboxylic acids is 1. The Kier molecular flexibility index (Phi) is 4.78. The molecule has 0 unspecified atom stereocenters. The summed E-state index contributed by atoms with van der Waals surface area (Å²) < 4.78 is 65.7. The van der Waals surface area contributed by atoms with Crippen molar-refractivity contribution in [1.29, 1.82) is 0 Å². The maximum atomic E-state index is 13.4. The van der Waals surface area contributed by atoms with E-state index in [4.69, 9.17) is 0 Å². The summed E-state index contributed by atoms with van der Waals surface area (Å²) in [5.74, 6) is -11.8. The molecule has 0 fully saturated rings. The van der Waals surface area contributed by atoms with Crippen molar-refractivity contribution in [2.45, 2.75) is 6.92 Å². The lowest BCUT2D eigenvalue weighted by molar-refractivity contribution is -0.111. The molecule has 1 N–H and O–H groups in total. The summed E-state index contributed by atoms with van der Waals surface area (Å²) >= 11 is 0. The third kappa shape index (κ3) is 3.56. The molecule has 120 valence electrons. The lowest BCUT2D eigenvalue weighted by atomic mass is 10.1. The van der Waals surface area contributed by atoms with E-state index in [1.165, 1.54) is 6.08 Å². The van der Waals surface area contributed by atoms with Crippen LogP contribution in [0.15, 0.2) is 30.3 Å². The van der Waals surface area contributed by atoms with Crippen LogP contribution in [-0.4, -0.2) is 5.91 Å². The summed E-state index contributed by atoms with van der Waals surface area (Å²) in [4.78, 5) is 11.6. The highest BCUT2D eigenvalue weighted by Crippen LogP contribution is 2.27. The third-order valence-electron chi connectivity index (χ3n) is 2.96. The van der Waals surface area contributed by atoms with Gasteiger partial charge in [0.1, 0.15) is 5.69 Å². The van der Waals surface area contributed by atoms with Gasteiger partial charge in [-0.05, 0) is 18.6 Å². The second-order valence-electron chi connectivity index (χ2n) is 4.68. The maximum absolute atomic E-state index is 13.4. The fourth-order valence-corrected chi connectivity index (χ4v) is 1.73. The summed E-state index contributed by atoms with van der Waals surface area (Å²) in [7, 11) is 0. The number of hydrogen-bond donors (Lipinski definition) is 1. The van der Waals surface area contributed by atoms with Crippen LogP contribution in [0.3, 0.4) is 0 Å². The number of amides is 1. The van der Waals surface area contributed by atoms with Crippen LogP contribution in [0.5, 0.6) is 0 Å². The van der Waals surface area contributed by atoms with Crippen LogP contribution in [0.1, 0.15) is 11.1 Å². The van der Waals surface area contributed by atoms with Gasteiger partial charge < -0.3 is 5.32 Å². The van der Waals surface area contributed by atoms with Crippen LogP contribution >= 0.6 is 0 Å². The molecule has 0 bridgehead atoms. The van der Waals surface area contributed by atoms with E-state index < -0.39 is 40.7 Å². The Balaban J connectivity index is 2.22. The molecule has 0 aliphatic heterocycles.